The van der Waals surface area contributed by atoms with Crippen LogP contribution in [0.1, 0.15) is 169 Å². The summed E-state index contributed by atoms with van der Waals surface area (Å²) in [7, 11) is 0. The highest BCUT2D eigenvalue weighted by Gasteiger charge is 2.61. The molecular weight excluding hydrogens is 1290 g/mol. The van der Waals surface area contributed by atoms with Crippen LogP contribution in [0, 0.1) is 41.5 Å². The van der Waals surface area contributed by atoms with E-state index in [1.54, 1.807) is 0 Å². The van der Waals surface area contributed by atoms with E-state index in [2.05, 4.69) is 322 Å². The van der Waals surface area contributed by atoms with Gasteiger partial charge >= 0.3 is 0 Å². The van der Waals surface area contributed by atoms with Gasteiger partial charge in [0.05, 0.1) is 16.6 Å². The summed E-state index contributed by atoms with van der Waals surface area (Å²) in [6.07, 6.45) is 14.4. The average molecular weight is 1390 g/mol. The van der Waals surface area contributed by atoms with Crippen LogP contribution >= 0.6 is 0 Å². The maximum absolute atomic E-state index is 2.80. The van der Waals surface area contributed by atoms with E-state index in [4.69, 9.17) is 0 Å². The lowest BCUT2D eigenvalue weighted by Crippen LogP contribution is -2.54. The fourth-order valence-electron chi connectivity index (χ4n) is 24.2. The zero-order valence-corrected chi connectivity index (χ0v) is 64.7. The van der Waals surface area contributed by atoms with Crippen molar-refractivity contribution in [2.45, 2.75) is 193 Å². The van der Waals surface area contributed by atoms with Gasteiger partial charge in [-0.2, -0.15) is 0 Å². The molecule has 528 valence electrons. The third-order valence-corrected chi connectivity index (χ3v) is 30.7. The number of benzene rings is 13. The Kier molecular flexibility index (Phi) is 13.8. The van der Waals surface area contributed by atoms with E-state index in [1.165, 1.54) is 256 Å². The first-order valence-electron chi connectivity index (χ1n) is 40.4. The van der Waals surface area contributed by atoms with Crippen molar-refractivity contribution in [2.24, 2.45) is 0 Å². The number of hydrogen-bond donors (Lipinski definition) is 0. The summed E-state index contributed by atoms with van der Waals surface area (Å²) in [5, 5.41) is 16.1. The molecule has 6 unspecified atom stereocenters. The van der Waals surface area contributed by atoms with Gasteiger partial charge in [-0.1, -0.05) is 229 Å². The molecule has 3 aliphatic heterocycles. The Labute approximate surface area is 632 Å². The Bertz CT molecular complexity index is 5980. The maximum atomic E-state index is 2.80. The van der Waals surface area contributed by atoms with Gasteiger partial charge in [-0.15, -0.1) is 0 Å². The Balaban J connectivity index is 0.885. The molecule has 3 fully saturated rings. The number of nitrogens with zero attached hydrogens (tertiary/aromatic N) is 3. The van der Waals surface area contributed by atoms with Crippen LogP contribution in [0.15, 0.2) is 224 Å². The highest BCUT2D eigenvalue weighted by atomic mass is 15.3. The highest BCUT2D eigenvalue weighted by molar-refractivity contribution is 6.48. The van der Waals surface area contributed by atoms with Crippen molar-refractivity contribution in [3.63, 3.8) is 0 Å². The summed E-state index contributed by atoms with van der Waals surface area (Å²) in [6, 6.07) is 88.2. The van der Waals surface area contributed by atoms with Gasteiger partial charge in [-0.3, -0.25) is 0 Å². The topological polar surface area (TPSA) is 9.72 Å². The number of anilines is 6. The Hall–Kier alpha value is -10.2. The predicted octanol–water partition coefficient (Wildman–Crippen LogP) is 28.9. The molecule has 6 aliphatic rings. The summed E-state index contributed by atoms with van der Waals surface area (Å²) < 4.78 is 0. The molecule has 15 aromatic carbocycles. The molecule has 3 nitrogen and oxygen atoms in total. The van der Waals surface area contributed by atoms with Crippen molar-refractivity contribution < 1.29 is 0 Å². The molecule has 0 radical (unpaired) electrons. The Morgan fingerprint density at radius 1 is 0.234 bits per heavy atom. The van der Waals surface area contributed by atoms with Gasteiger partial charge in [0.25, 0.3) is 0 Å². The van der Waals surface area contributed by atoms with Crippen LogP contribution in [0.2, 0.25) is 0 Å². The van der Waals surface area contributed by atoms with Crippen LogP contribution in [-0.4, -0.2) is 16.6 Å². The summed E-state index contributed by atoms with van der Waals surface area (Å²) >= 11 is 0. The van der Waals surface area contributed by atoms with Crippen molar-refractivity contribution in [3.05, 3.63) is 275 Å². The molecule has 0 aromatic heterocycles. The quantitative estimate of drug-likeness (QED) is 0.150. The van der Waals surface area contributed by atoms with Gasteiger partial charge in [0.1, 0.15) is 0 Å². The lowest BCUT2D eigenvalue weighted by Gasteiger charge is -2.50. The van der Waals surface area contributed by atoms with Crippen molar-refractivity contribution in [1.82, 2.24) is 0 Å². The monoisotopic (exact) mass is 1390 g/mol. The first-order chi connectivity index (χ1) is 51.9. The molecule has 21 rings (SSSR count). The molecule has 107 heavy (non-hydrogen) atoms. The lowest BCUT2D eigenvalue weighted by molar-refractivity contribution is 0.195. The molecule has 0 amide bonds. The van der Waals surface area contributed by atoms with E-state index < -0.39 is 0 Å². The minimum atomic E-state index is -0.0940. The average Bonchev–Trinajstić information content (AvgIpc) is 1.52. The Morgan fingerprint density at radius 2 is 0.523 bits per heavy atom. The first-order valence-corrected chi connectivity index (χ1v) is 40.4. The molecule has 6 atom stereocenters. The van der Waals surface area contributed by atoms with Gasteiger partial charge in [-0.25, -0.2) is 0 Å². The minimum absolute atomic E-state index is 0.0251. The molecule has 3 saturated carbocycles. The predicted molar refractivity (Wildman–Crippen MR) is 458 cm³/mol. The largest absolute Gasteiger partial charge is 0.334 e. The van der Waals surface area contributed by atoms with Crippen molar-refractivity contribution in [3.8, 4) is 55.6 Å². The highest BCUT2D eigenvalue weighted by Crippen LogP contribution is 2.68. The van der Waals surface area contributed by atoms with E-state index in [-0.39, 0.29) is 32.9 Å². The van der Waals surface area contributed by atoms with E-state index in [1.807, 2.05) is 0 Å². The van der Waals surface area contributed by atoms with Crippen molar-refractivity contribution >= 4 is 98.8 Å². The fraction of sp³-hybridized carbons (Fsp3) is 0.288. The van der Waals surface area contributed by atoms with Gasteiger partial charge in [0.15, 0.2) is 0 Å². The van der Waals surface area contributed by atoms with E-state index in [0.717, 1.165) is 25.7 Å². The number of para-hydroxylation sites is 3. The van der Waals surface area contributed by atoms with Crippen LogP contribution in [0.25, 0.3) is 120 Å². The molecule has 0 spiro atoms. The summed E-state index contributed by atoms with van der Waals surface area (Å²) in [4.78, 5) is 8.37. The standard InChI is InChI=1S/C104H97N3/c1-62-65(4)96-84(99(7)53-28-31-56-102(99,10)105(96)70-39-22-15-23-40-70)59-81(62)73-47-50-78-89-74(73)45-34-46-77(89)92-87(68-35-18-13-19-36-68)94-79-51-48-75(82-60-85-97(66(5)63(82)2)106(71-41-24-16-25-42-71)103(11)57-32-29-54-100(85,103)8)90-76(49-52-80(91(79)90)95(94)88(93(78)92)69-37-20-14-21-38-69)83-61-86-98(67(6)64(83)3)107(72-43-26-17-27-44-72)104(12)58-33-30-55-101(86,104)9/h13-27,34-52,59-61H,28-33,53-58H2,1-12H3. The molecule has 3 heterocycles. The second-order valence-electron chi connectivity index (χ2n) is 35.1. The first kappa shape index (κ1) is 65.1. The number of fused-ring (bicyclic) bond motifs is 15. The maximum Gasteiger partial charge on any atom is 0.0518 e. The smallest absolute Gasteiger partial charge is 0.0518 e. The van der Waals surface area contributed by atoms with E-state index in [0.29, 0.717) is 0 Å². The van der Waals surface area contributed by atoms with Crippen LogP contribution in [0.4, 0.5) is 34.1 Å². The molecule has 3 aliphatic carbocycles. The molecule has 0 N–H and O–H groups in total. The SMILES string of the molecule is Cc1c(-c2ccc3c4c(-c5ccccc5)c5c6ccc(-c7cc8c(c(C)c7C)N(c7ccccc7)C7(C)CCCCC87C)c7c(-c8cc9c(c(C)c8C)N(c8ccccc8)C8(C)CCCCC98C)ccc(c5c(-c5ccccc5)c4c4cccc2c43)c76)cc2c(c1C)N(c1ccccc1)C1(C)CCCCC21C. The van der Waals surface area contributed by atoms with Crippen LogP contribution in [0.3, 0.4) is 0 Å². The van der Waals surface area contributed by atoms with Gasteiger partial charge in [-0.05, 0) is 326 Å². The fourth-order valence-corrected chi connectivity index (χ4v) is 24.2. The summed E-state index contributed by atoms with van der Waals surface area (Å²) in [5.41, 5.74) is 33.8. The van der Waals surface area contributed by atoms with Crippen LogP contribution in [0.5, 0.6) is 0 Å². The van der Waals surface area contributed by atoms with E-state index >= 15 is 0 Å². The summed E-state index contributed by atoms with van der Waals surface area (Å²) in [5.74, 6) is 0. The zero-order valence-electron chi connectivity index (χ0n) is 64.7. The van der Waals surface area contributed by atoms with Crippen molar-refractivity contribution in [1.29, 1.82) is 0 Å². The third-order valence-electron chi connectivity index (χ3n) is 30.7. The Morgan fingerprint density at radius 3 is 0.879 bits per heavy atom. The van der Waals surface area contributed by atoms with Gasteiger partial charge < -0.3 is 14.7 Å². The molecular formula is C104H97N3. The molecule has 0 bridgehead atoms. The van der Waals surface area contributed by atoms with Crippen molar-refractivity contribution in [2.75, 3.05) is 14.7 Å². The third kappa shape index (κ3) is 8.19. The normalized spacial score (nSPS) is 23.8. The second-order valence-corrected chi connectivity index (χ2v) is 35.1. The number of rotatable bonds is 8. The second kappa shape index (κ2) is 22.7. The van der Waals surface area contributed by atoms with Gasteiger partial charge in [0.2, 0.25) is 0 Å². The zero-order chi connectivity index (χ0) is 72.7. The van der Waals surface area contributed by atoms with Gasteiger partial charge in [0, 0.05) is 50.4 Å². The van der Waals surface area contributed by atoms with E-state index in [9.17, 15) is 0 Å². The lowest BCUT2D eigenvalue weighted by atomic mass is 9.61. The van der Waals surface area contributed by atoms with Crippen LogP contribution in [-0.2, 0) is 16.2 Å². The molecule has 15 aromatic rings. The molecule has 3 heteroatoms. The minimum Gasteiger partial charge on any atom is -0.334 e. The van der Waals surface area contributed by atoms with Crippen LogP contribution < -0.4 is 14.7 Å². The number of hydrogen-bond acceptors (Lipinski definition) is 3. The summed E-state index contributed by atoms with van der Waals surface area (Å²) in [6.45, 7) is 30.3. The molecule has 0 saturated heterocycles.